The third-order valence-corrected chi connectivity index (χ3v) is 4.41. The van der Waals surface area contributed by atoms with Crippen LogP contribution in [0.4, 0.5) is 11.4 Å². The number of anilines is 2. The minimum absolute atomic E-state index is 0.138. The van der Waals surface area contributed by atoms with E-state index in [1.165, 1.54) is 4.88 Å². The van der Waals surface area contributed by atoms with Gasteiger partial charge in [-0.15, -0.1) is 11.3 Å². The van der Waals surface area contributed by atoms with Crippen molar-refractivity contribution >= 4 is 22.7 Å². The summed E-state index contributed by atoms with van der Waals surface area (Å²) in [6.07, 6.45) is 3.27. The summed E-state index contributed by atoms with van der Waals surface area (Å²) in [7, 11) is 0. The lowest BCUT2D eigenvalue weighted by atomic mass is 10.1. The average molecular weight is 286 g/mol. The Morgan fingerprint density at radius 1 is 1.50 bits per heavy atom. The van der Waals surface area contributed by atoms with Gasteiger partial charge in [-0.1, -0.05) is 6.92 Å². The number of nitrogens with two attached hydrogens (primary N) is 1. The molecule has 0 saturated carbocycles. The summed E-state index contributed by atoms with van der Waals surface area (Å²) in [4.78, 5) is 5.73. The van der Waals surface area contributed by atoms with Crippen LogP contribution in [-0.4, -0.2) is 4.98 Å². The number of aryl methyl sites for hydroxylation is 1. The third-order valence-electron chi connectivity index (χ3n) is 3.09. The first kappa shape index (κ1) is 14.4. The number of nitrogens with one attached hydrogen (secondary N) is 1. The first-order valence-electron chi connectivity index (χ1n) is 6.60. The van der Waals surface area contributed by atoms with Crippen molar-refractivity contribution < 1.29 is 0 Å². The Bertz CT molecular complexity index is 627. The van der Waals surface area contributed by atoms with E-state index in [0.717, 1.165) is 22.7 Å². The van der Waals surface area contributed by atoms with Crippen molar-refractivity contribution in [2.45, 2.75) is 32.7 Å². The molecule has 0 fully saturated rings. The Labute approximate surface area is 123 Å². The fraction of sp³-hybridized carbons (Fsp3) is 0.333. The summed E-state index contributed by atoms with van der Waals surface area (Å²) < 4.78 is 0. The molecule has 1 aromatic heterocycles. The zero-order valence-electron chi connectivity index (χ0n) is 11.7. The summed E-state index contributed by atoms with van der Waals surface area (Å²) in [5, 5.41) is 13.3. The Balaban J connectivity index is 2.13. The minimum Gasteiger partial charge on any atom is -0.398 e. The van der Waals surface area contributed by atoms with Crippen LogP contribution in [0.2, 0.25) is 0 Å². The fourth-order valence-electron chi connectivity index (χ4n) is 1.93. The second kappa shape index (κ2) is 6.40. The van der Waals surface area contributed by atoms with Gasteiger partial charge in [0, 0.05) is 22.4 Å². The topological polar surface area (TPSA) is 74.7 Å². The van der Waals surface area contributed by atoms with Crippen LogP contribution >= 0.6 is 11.3 Å². The lowest BCUT2D eigenvalue weighted by molar-refractivity contribution is 0.869. The van der Waals surface area contributed by atoms with Gasteiger partial charge in [0.05, 0.1) is 18.5 Å². The molecule has 0 aliphatic heterocycles. The molecule has 0 bridgehead atoms. The number of thiazole rings is 1. The Kier molecular flexibility index (Phi) is 4.59. The average Bonchev–Trinajstić information content (AvgIpc) is 2.92. The highest BCUT2D eigenvalue weighted by atomic mass is 32.1. The zero-order chi connectivity index (χ0) is 14.5. The molecule has 4 nitrogen and oxygen atoms in total. The molecule has 0 spiro atoms. The van der Waals surface area contributed by atoms with Crippen LogP contribution in [0, 0.1) is 11.3 Å². The Morgan fingerprint density at radius 2 is 2.30 bits per heavy atom. The molecule has 20 heavy (non-hydrogen) atoms. The van der Waals surface area contributed by atoms with E-state index in [0.29, 0.717) is 12.1 Å². The summed E-state index contributed by atoms with van der Waals surface area (Å²) in [6.45, 7) is 4.21. The monoisotopic (exact) mass is 286 g/mol. The summed E-state index contributed by atoms with van der Waals surface area (Å²) in [5.41, 5.74) is 8.33. The predicted molar refractivity (Wildman–Crippen MR) is 83.7 cm³/mol. The van der Waals surface area contributed by atoms with Gasteiger partial charge in [0.25, 0.3) is 0 Å². The molecule has 0 aliphatic carbocycles. The van der Waals surface area contributed by atoms with Crippen LogP contribution in [0.1, 0.15) is 35.3 Å². The number of benzene rings is 1. The number of hydrogen-bond donors (Lipinski definition) is 2. The van der Waals surface area contributed by atoms with Crippen LogP contribution in [-0.2, 0) is 12.8 Å². The van der Waals surface area contributed by atoms with Crippen LogP contribution in [0.3, 0.4) is 0 Å². The number of nitriles is 1. The molecule has 0 aliphatic rings. The first-order valence-corrected chi connectivity index (χ1v) is 7.42. The lowest BCUT2D eigenvalue weighted by Crippen LogP contribution is -2.07. The van der Waals surface area contributed by atoms with Crippen molar-refractivity contribution in [2.24, 2.45) is 0 Å². The molecule has 1 unspecified atom stereocenters. The second-order valence-electron chi connectivity index (χ2n) is 4.63. The first-order chi connectivity index (χ1) is 9.63. The van der Waals surface area contributed by atoms with Gasteiger partial charge in [0.2, 0.25) is 0 Å². The SMILES string of the molecule is CCc1cnc(C(C)Nc2ccc(N)c(CC#N)c2)s1. The Morgan fingerprint density at radius 3 is 2.95 bits per heavy atom. The summed E-state index contributed by atoms with van der Waals surface area (Å²) in [5.74, 6) is 0. The van der Waals surface area contributed by atoms with Crippen LogP contribution in [0.15, 0.2) is 24.4 Å². The van der Waals surface area contributed by atoms with E-state index in [9.17, 15) is 0 Å². The standard InChI is InChI=1S/C15H18N4S/c1-3-13-9-18-15(20-13)10(2)19-12-4-5-14(17)11(8-12)6-7-16/h4-5,8-10,19H,3,6,17H2,1-2H3. The quantitative estimate of drug-likeness (QED) is 0.825. The highest BCUT2D eigenvalue weighted by Gasteiger charge is 2.10. The second-order valence-corrected chi connectivity index (χ2v) is 5.78. The highest BCUT2D eigenvalue weighted by molar-refractivity contribution is 7.11. The van der Waals surface area contributed by atoms with Gasteiger partial charge in [-0.2, -0.15) is 5.26 Å². The van der Waals surface area contributed by atoms with Crippen molar-refractivity contribution in [3.63, 3.8) is 0 Å². The van der Waals surface area contributed by atoms with E-state index in [4.69, 9.17) is 11.0 Å². The van der Waals surface area contributed by atoms with E-state index in [-0.39, 0.29) is 6.04 Å². The van der Waals surface area contributed by atoms with Crippen molar-refractivity contribution in [3.05, 3.63) is 39.8 Å². The van der Waals surface area contributed by atoms with Crippen LogP contribution < -0.4 is 11.1 Å². The van der Waals surface area contributed by atoms with Gasteiger partial charge >= 0.3 is 0 Å². The van der Waals surface area contributed by atoms with Gasteiger partial charge in [0.1, 0.15) is 5.01 Å². The molecular formula is C15H18N4S. The van der Waals surface area contributed by atoms with Gasteiger partial charge in [-0.25, -0.2) is 4.98 Å². The number of rotatable bonds is 5. The summed E-state index contributed by atoms with van der Waals surface area (Å²) in [6, 6.07) is 7.97. The third kappa shape index (κ3) is 3.28. The molecule has 0 amide bonds. The largest absolute Gasteiger partial charge is 0.398 e. The zero-order valence-corrected chi connectivity index (χ0v) is 12.5. The maximum atomic E-state index is 8.79. The van der Waals surface area contributed by atoms with E-state index in [2.05, 4.69) is 30.2 Å². The number of nitrogen functional groups attached to an aromatic ring is 1. The molecule has 2 aromatic rings. The molecule has 1 atom stereocenters. The van der Waals surface area contributed by atoms with Gasteiger partial charge in [-0.05, 0) is 37.1 Å². The fourth-order valence-corrected chi connectivity index (χ4v) is 2.79. The van der Waals surface area contributed by atoms with Gasteiger partial charge < -0.3 is 11.1 Å². The lowest BCUT2D eigenvalue weighted by Gasteiger charge is -2.14. The van der Waals surface area contributed by atoms with Gasteiger partial charge in [0.15, 0.2) is 0 Å². The van der Waals surface area contributed by atoms with E-state index >= 15 is 0 Å². The molecule has 1 aromatic carbocycles. The number of aromatic nitrogens is 1. The Hall–Kier alpha value is -2.06. The van der Waals surface area contributed by atoms with E-state index in [1.807, 2.05) is 24.4 Å². The molecule has 0 saturated heterocycles. The molecule has 0 radical (unpaired) electrons. The van der Waals surface area contributed by atoms with Crippen molar-refractivity contribution in [3.8, 4) is 6.07 Å². The molecule has 1 heterocycles. The normalized spacial score (nSPS) is 11.8. The maximum Gasteiger partial charge on any atom is 0.115 e. The molecule has 104 valence electrons. The van der Waals surface area contributed by atoms with Crippen molar-refractivity contribution in [1.82, 2.24) is 4.98 Å². The molecule has 3 N–H and O–H groups in total. The minimum atomic E-state index is 0.138. The number of nitrogens with zero attached hydrogens (tertiary/aromatic N) is 2. The summed E-state index contributed by atoms with van der Waals surface area (Å²) >= 11 is 1.73. The van der Waals surface area contributed by atoms with Crippen LogP contribution in [0.5, 0.6) is 0 Å². The van der Waals surface area contributed by atoms with E-state index in [1.54, 1.807) is 11.3 Å². The van der Waals surface area contributed by atoms with Crippen molar-refractivity contribution in [1.29, 1.82) is 5.26 Å². The van der Waals surface area contributed by atoms with E-state index < -0.39 is 0 Å². The molecular weight excluding hydrogens is 268 g/mol. The molecule has 5 heteroatoms. The number of hydrogen-bond acceptors (Lipinski definition) is 5. The van der Waals surface area contributed by atoms with Gasteiger partial charge in [-0.3, -0.25) is 0 Å². The predicted octanol–water partition coefficient (Wildman–Crippen LogP) is 3.53. The molecule has 2 rings (SSSR count). The van der Waals surface area contributed by atoms with Crippen molar-refractivity contribution in [2.75, 3.05) is 11.1 Å². The van der Waals surface area contributed by atoms with Crippen LogP contribution in [0.25, 0.3) is 0 Å². The smallest absolute Gasteiger partial charge is 0.115 e. The maximum absolute atomic E-state index is 8.79. The highest BCUT2D eigenvalue weighted by Crippen LogP contribution is 2.26.